The highest BCUT2D eigenvalue weighted by Gasteiger charge is 2.45. The molecule has 0 aliphatic heterocycles. The number of likely N-dealkylation sites (N-methyl/N-ethyl adjacent to an activating group) is 1. The first kappa shape index (κ1) is 14.4. The maximum atomic E-state index is 9.75. The van der Waals surface area contributed by atoms with Crippen molar-refractivity contribution in [3.8, 4) is 5.75 Å². The van der Waals surface area contributed by atoms with Crippen LogP contribution in [0.3, 0.4) is 0 Å². The lowest BCUT2D eigenvalue weighted by atomic mass is 9.95. The Kier molecular flexibility index (Phi) is 4.83. The fourth-order valence-electron chi connectivity index (χ4n) is 2.60. The summed E-state index contributed by atoms with van der Waals surface area (Å²) < 4.78 is 5.94. The molecule has 2 N–H and O–H groups in total. The fraction of sp³-hybridized carbons (Fsp3) is 0.625. The SMILES string of the molecule is CCNC(CO)(COc1cccc(CC)c1)C1CC1. The molecule has 0 radical (unpaired) electrons. The molecule has 1 fully saturated rings. The lowest BCUT2D eigenvalue weighted by molar-refractivity contribution is 0.0864. The first-order valence-corrected chi connectivity index (χ1v) is 7.31. The summed E-state index contributed by atoms with van der Waals surface area (Å²) in [6.45, 7) is 5.74. The van der Waals surface area contributed by atoms with Crippen molar-refractivity contribution >= 4 is 0 Å². The summed E-state index contributed by atoms with van der Waals surface area (Å²) in [6, 6.07) is 8.21. The summed E-state index contributed by atoms with van der Waals surface area (Å²) in [5.74, 6) is 1.45. The van der Waals surface area contributed by atoms with E-state index in [1.54, 1.807) is 0 Å². The van der Waals surface area contributed by atoms with Gasteiger partial charge in [-0.2, -0.15) is 0 Å². The molecule has 106 valence electrons. The van der Waals surface area contributed by atoms with E-state index < -0.39 is 0 Å². The Morgan fingerprint density at radius 1 is 1.37 bits per heavy atom. The Balaban J connectivity index is 2.01. The highest BCUT2D eigenvalue weighted by atomic mass is 16.5. The first-order chi connectivity index (χ1) is 9.24. The molecule has 1 aliphatic rings. The molecule has 3 heteroatoms. The Labute approximate surface area is 116 Å². The summed E-state index contributed by atoms with van der Waals surface area (Å²) in [4.78, 5) is 0. The summed E-state index contributed by atoms with van der Waals surface area (Å²) in [5, 5.41) is 13.2. The van der Waals surface area contributed by atoms with Crippen LogP contribution in [0.1, 0.15) is 32.3 Å². The second-order valence-electron chi connectivity index (χ2n) is 5.41. The van der Waals surface area contributed by atoms with Gasteiger partial charge in [0.05, 0.1) is 12.1 Å². The minimum atomic E-state index is -0.267. The van der Waals surface area contributed by atoms with Gasteiger partial charge in [-0.25, -0.2) is 0 Å². The van der Waals surface area contributed by atoms with E-state index in [4.69, 9.17) is 4.74 Å². The van der Waals surface area contributed by atoms with Crippen molar-refractivity contribution in [3.05, 3.63) is 29.8 Å². The van der Waals surface area contributed by atoms with E-state index in [1.807, 2.05) is 12.1 Å². The number of hydrogen-bond donors (Lipinski definition) is 2. The molecule has 0 saturated heterocycles. The van der Waals surface area contributed by atoms with Gasteiger partial charge in [-0.1, -0.05) is 26.0 Å². The maximum Gasteiger partial charge on any atom is 0.119 e. The van der Waals surface area contributed by atoms with Crippen LogP contribution in [-0.2, 0) is 6.42 Å². The highest BCUT2D eigenvalue weighted by Crippen LogP contribution is 2.39. The van der Waals surface area contributed by atoms with Crippen molar-refractivity contribution in [1.29, 1.82) is 0 Å². The smallest absolute Gasteiger partial charge is 0.119 e. The lowest BCUT2D eigenvalue weighted by Crippen LogP contribution is -2.55. The van der Waals surface area contributed by atoms with E-state index >= 15 is 0 Å². The maximum absolute atomic E-state index is 9.75. The summed E-state index contributed by atoms with van der Waals surface area (Å²) in [7, 11) is 0. The van der Waals surface area contributed by atoms with Gasteiger partial charge in [0.25, 0.3) is 0 Å². The van der Waals surface area contributed by atoms with Crippen molar-refractivity contribution in [3.63, 3.8) is 0 Å². The van der Waals surface area contributed by atoms with Gasteiger partial charge in [0, 0.05) is 0 Å². The molecule has 3 nitrogen and oxygen atoms in total. The first-order valence-electron chi connectivity index (χ1n) is 7.31. The molecule has 19 heavy (non-hydrogen) atoms. The standard InChI is InChI=1S/C16H25NO2/c1-3-13-6-5-7-15(10-13)19-12-16(11-18,17-4-2)14-8-9-14/h5-7,10,14,17-18H,3-4,8-9,11-12H2,1-2H3. The van der Waals surface area contributed by atoms with Crippen LogP contribution in [0.15, 0.2) is 24.3 Å². The predicted octanol–water partition coefficient (Wildman–Crippen LogP) is 2.38. The Bertz CT molecular complexity index is 403. The topological polar surface area (TPSA) is 41.5 Å². The number of benzene rings is 1. The third-order valence-corrected chi connectivity index (χ3v) is 3.97. The zero-order valence-corrected chi connectivity index (χ0v) is 12.0. The van der Waals surface area contributed by atoms with Crippen LogP contribution in [-0.4, -0.2) is 30.4 Å². The molecule has 0 amide bonds. The van der Waals surface area contributed by atoms with Crippen molar-refractivity contribution in [2.24, 2.45) is 5.92 Å². The Morgan fingerprint density at radius 2 is 2.16 bits per heavy atom. The zero-order valence-electron chi connectivity index (χ0n) is 12.0. The van der Waals surface area contributed by atoms with Gasteiger partial charge >= 0.3 is 0 Å². The van der Waals surface area contributed by atoms with Crippen LogP contribution in [0.4, 0.5) is 0 Å². The number of aliphatic hydroxyl groups excluding tert-OH is 1. The van der Waals surface area contributed by atoms with Crippen molar-refractivity contribution in [2.75, 3.05) is 19.8 Å². The summed E-state index contributed by atoms with van der Waals surface area (Å²) in [6.07, 6.45) is 3.38. The van der Waals surface area contributed by atoms with Crippen LogP contribution in [0.5, 0.6) is 5.75 Å². The molecule has 1 aromatic carbocycles. The van der Waals surface area contributed by atoms with Crippen molar-refractivity contribution in [1.82, 2.24) is 5.32 Å². The number of hydrogen-bond acceptors (Lipinski definition) is 3. The van der Waals surface area contributed by atoms with E-state index in [1.165, 1.54) is 18.4 Å². The number of rotatable bonds is 8. The van der Waals surface area contributed by atoms with Crippen molar-refractivity contribution in [2.45, 2.75) is 38.6 Å². The molecular formula is C16H25NO2. The molecule has 1 aromatic rings. The summed E-state index contributed by atoms with van der Waals surface area (Å²) >= 11 is 0. The van der Waals surface area contributed by atoms with E-state index in [0.29, 0.717) is 12.5 Å². The number of aliphatic hydroxyl groups is 1. The highest BCUT2D eigenvalue weighted by molar-refractivity contribution is 5.28. The number of aryl methyl sites for hydroxylation is 1. The van der Waals surface area contributed by atoms with E-state index in [0.717, 1.165) is 18.7 Å². The zero-order chi connectivity index (χ0) is 13.7. The van der Waals surface area contributed by atoms with E-state index in [2.05, 4.69) is 31.3 Å². The van der Waals surface area contributed by atoms with Gasteiger partial charge in [0.15, 0.2) is 0 Å². The molecule has 1 atom stereocenters. The van der Waals surface area contributed by atoms with Crippen molar-refractivity contribution < 1.29 is 9.84 Å². The molecule has 0 spiro atoms. The van der Waals surface area contributed by atoms with Gasteiger partial charge in [0.2, 0.25) is 0 Å². The molecule has 0 aromatic heterocycles. The van der Waals surface area contributed by atoms with Gasteiger partial charge in [-0.05, 0) is 49.4 Å². The normalized spacial score (nSPS) is 18.1. The monoisotopic (exact) mass is 263 g/mol. The number of nitrogens with one attached hydrogen (secondary N) is 1. The lowest BCUT2D eigenvalue weighted by Gasteiger charge is -2.33. The van der Waals surface area contributed by atoms with Gasteiger partial charge in [0.1, 0.15) is 12.4 Å². The molecular weight excluding hydrogens is 238 g/mol. The van der Waals surface area contributed by atoms with Crippen LogP contribution in [0, 0.1) is 5.92 Å². The molecule has 1 aliphatic carbocycles. The van der Waals surface area contributed by atoms with Crippen LogP contribution < -0.4 is 10.1 Å². The Hall–Kier alpha value is -1.06. The molecule has 1 unspecified atom stereocenters. The summed E-state index contributed by atoms with van der Waals surface area (Å²) in [5.41, 5.74) is 1.01. The van der Waals surface area contributed by atoms with Crippen LogP contribution in [0.25, 0.3) is 0 Å². The second-order valence-corrected chi connectivity index (χ2v) is 5.41. The fourth-order valence-corrected chi connectivity index (χ4v) is 2.60. The third-order valence-electron chi connectivity index (χ3n) is 3.97. The van der Waals surface area contributed by atoms with Gasteiger partial charge < -0.3 is 15.2 Å². The largest absolute Gasteiger partial charge is 0.492 e. The minimum Gasteiger partial charge on any atom is -0.492 e. The Morgan fingerprint density at radius 3 is 2.74 bits per heavy atom. The van der Waals surface area contributed by atoms with Crippen LogP contribution in [0.2, 0.25) is 0 Å². The molecule has 0 bridgehead atoms. The van der Waals surface area contributed by atoms with E-state index in [-0.39, 0.29) is 12.1 Å². The molecule has 0 heterocycles. The number of ether oxygens (including phenoxy) is 1. The predicted molar refractivity (Wildman–Crippen MR) is 77.5 cm³/mol. The van der Waals surface area contributed by atoms with E-state index in [9.17, 15) is 5.11 Å². The average Bonchev–Trinajstić information content (AvgIpc) is 3.29. The third kappa shape index (κ3) is 3.48. The van der Waals surface area contributed by atoms with Gasteiger partial charge in [-0.3, -0.25) is 0 Å². The second kappa shape index (κ2) is 6.40. The average molecular weight is 263 g/mol. The van der Waals surface area contributed by atoms with Crippen LogP contribution >= 0.6 is 0 Å². The van der Waals surface area contributed by atoms with Gasteiger partial charge in [-0.15, -0.1) is 0 Å². The molecule has 1 saturated carbocycles. The quantitative estimate of drug-likeness (QED) is 0.756. The minimum absolute atomic E-state index is 0.138. The molecule has 2 rings (SSSR count).